The molecule has 0 amide bonds. The number of hydrogen-bond donors (Lipinski definition) is 1. The number of halogens is 1. The van der Waals surface area contributed by atoms with E-state index in [-0.39, 0.29) is 0 Å². The second-order valence-corrected chi connectivity index (χ2v) is 6.25. The summed E-state index contributed by atoms with van der Waals surface area (Å²) in [7, 11) is 0. The molecular formula is C19H18BrN. The van der Waals surface area contributed by atoms with Gasteiger partial charge in [0.15, 0.2) is 0 Å². The normalized spacial score (nSPS) is 12.5. The number of hydrogen-bond acceptors (Lipinski definition) is 1. The molecule has 1 atom stereocenters. The Morgan fingerprint density at radius 3 is 2.38 bits per heavy atom. The van der Waals surface area contributed by atoms with Gasteiger partial charge < -0.3 is 5.32 Å². The highest BCUT2D eigenvalue weighted by atomic mass is 79.9. The van der Waals surface area contributed by atoms with Crippen LogP contribution in [0, 0.1) is 0 Å². The molecule has 0 unspecified atom stereocenters. The molecule has 3 rings (SSSR count). The Morgan fingerprint density at radius 1 is 0.905 bits per heavy atom. The summed E-state index contributed by atoms with van der Waals surface area (Å²) in [6, 6.07) is 24.0. The Bertz CT molecular complexity index is 734. The molecule has 0 saturated heterocycles. The van der Waals surface area contributed by atoms with E-state index < -0.39 is 0 Å². The molecule has 0 spiro atoms. The number of nitrogens with one attached hydrogen (secondary N) is 1. The second kappa shape index (κ2) is 6.42. The van der Waals surface area contributed by atoms with E-state index in [0.29, 0.717) is 6.04 Å². The Labute approximate surface area is 134 Å². The summed E-state index contributed by atoms with van der Waals surface area (Å²) in [5.74, 6) is 0. The van der Waals surface area contributed by atoms with Gasteiger partial charge in [-0.3, -0.25) is 0 Å². The summed E-state index contributed by atoms with van der Waals surface area (Å²) < 4.78 is 1.12. The average molecular weight is 340 g/mol. The highest BCUT2D eigenvalue weighted by molar-refractivity contribution is 9.10. The summed E-state index contributed by atoms with van der Waals surface area (Å²) in [6.45, 7) is 3.08. The largest absolute Gasteiger partial charge is 0.306 e. The fourth-order valence-corrected chi connectivity index (χ4v) is 2.75. The number of benzene rings is 3. The molecule has 1 N–H and O–H groups in total. The lowest BCUT2D eigenvalue weighted by molar-refractivity contribution is 0.575. The minimum absolute atomic E-state index is 0.338. The monoisotopic (exact) mass is 339 g/mol. The van der Waals surface area contributed by atoms with Crippen molar-refractivity contribution in [1.29, 1.82) is 0 Å². The molecule has 0 aliphatic rings. The molecule has 0 aliphatic carbocycles. The van der Waals surface area contributed by atoms with E-state index >= 15 is 0 Å². The van der Waals surface area contributed by atoms with Crippen LogP contribution in [-0.4, -0.2) is 0 Å². The smallest absolute Gasteiger partial charge is 0.0294 e. The van der Waals surface area contributed by atoms with Gasteiger partial charge in [-0.05, 0) is 47.0 Å². The van der Waals surface area contributed by atoms with Crippen molar-refractivity contribution >= 4 is 26.7 Å². The van der Waals surface area contributed by atoms with E-state index in [4.69, 9.17) is 0 Å². The predicted molar refractivity (Wildman–Crippen MR) is 93.3 cm³/mol. The minimum atomic E-state index is 0.338. The molecule has 0 aliphatic heterocycles. The predicted octanol–water partition coefficient (Wildman–Crippen LogP) is 5.45. The van der Waals surface area contributed by atoms with Crippen LogP contribution in [0.25, 0.3) is 10.8 Å². The Balaban J connectivity index is 1.69. The summed E-state index contributed by atoms with van der Waals surface area (Å²) >= 11 is 3.47. The number of rotatable bonds is 4. The molecule has 21 heavy (non-hydrogen) atoms. The van der Waals surface area contributed by atoms with Crippen LogP contribution in [0.1, 0.15) is 24.1 Å². The fourth-order valence-electron chi connectivity index (χ4n) is 2.49. The molecule has 1 nitrogen and oxygen atoms in total. The maximum absolute atomic E-state index is 3.58. The highest BCUT2D eigenvalue weighted by Gasteiger charge is 2.05. The van der Waals surface area contributed by atoms with Gasteiger partial charge in [0.25, 0.3) is 0 Å². The summed E-state index contributed by atoms with van der Waals surface area (Å²) in [5, 5.41) is 6.18. The number of fused-ring (bicyclic) bond motifs is 1. The van der Waals surface area contributed by atoms with Crippen LogP contribution in [0.4, 0.5) is 0 Å². The van der Waals surface area contributed by atoms with Crippen molar-refractivity contribution in [1.82, 2.24) is 5.32 Å². The van der Waals surface area contributed by atoms with E-state index in [0.717, 1.165) is 11.0 Å². The quantitative estimate of drug-likeness (QED) is 0.666. The zero-order valence-electron chi connectivity index (χ0n) is 12.0. The van der Waals surface area contributed by atoms with Crippen LogP contribution >= 0.6 is 15.9 Å². The first-order valence-electron chi connectivity index (χ1n) is 7.19. The van der Waals surface area contributed by atoms with Gasteiger partial charge in [-0.25, -0.2) is 0 Å². The highest BCUT2D eigenvalue weighted by Crippen LogP contribution is 2.19. The molecule has 0 saturated carbocycles. The van der Waals surface area contributed by atoms with Gasteiger partial charge in [-0.2, -0.15) is 0 Å². The van der Waals surface area contributed by atoms with Gasteiger partial charge >= 0.3 is 0 Å². The van der Waals surface area contributed by atoms with E-state index in [1.54, 1.807) is 0 Å². The van der Waals surface area contributed by atoms with Crippen molar-refractivity contribution in [2.24, 2.45) is 0 Å². The van der Waals surface area contributed by atoms with E-state index in [2.05, 4.69) is 94.9 Å². The molecule has 106 valence electrons. The summed E-state index contributed by atoms with van der Waals surface area (Å²) in [5.41, 5.74) is 2.62. The summed E-state index contributed by atoms with van der Waals surface area (Å²) in [4.78, 5) is 0. The van der Waals surface area contributed by atoms with E-state index in [1.165, 1.54) is 21.9 Å². The lowest BCUT2D eigenvalue weighted by Gasteiger charge is -2.14. The van der Waals surface area contributed by atoms with Crippen LogP contribution < -0.4 is 5.32 Å². The molecule has 0 heterocycles. The van der Waals surface area contributed by atoms with Crippen LogP contribution in [0.5, 0.6) is 0 Å². The van der Waals surface area contributed by atoms with Gasteiger partial charge in [0.1, 0.15) is 0 Å². The Morgan fingerprint density at radius 2 is 1.62 bits per heavy atom. The summed E-state index contributed by atoms with van der Waals surface area (Å²) in [6.07, 6.45) is 0. The molecular weight excluding hydrogens is 322 g/mol. The maximum Gasteiger partial charge on any atom is 0.0294 e. The topological polar surface area (TPSA) is 12.0 Å². The van der Waals surface area contributed by atoms with Crippen molar-refractivity contribution in [2.75, 3.05) is 0 Å². The van der Waals surface area contributed by atoms with Crippen LogP contribution in [0.15, 0.2) is 71.2 Å². The van der Waals surface area contributed by atoms with Crippen molar-refractivity contribution in [3.8, 4) is 0 Å². The molecule has 3 aromatic rings. The zero-order valence-corrected chi connectivity index (χ0v) is 13.6. The van der Waals surface area contributed by atoms with Crippen molar-refractivity contribution in [3.05, 3.63) is 82.3 Å². The zero-order chi connectivity index (χ0) is 14.7. The maximum atomic E-state index is 3.58. The molecule has 0 fully saturated rings. The van der Waals surface area contributed by atoms with Gasteiger partial charge in [0.2, 0.25) is 0 Å². The SMILES string of the molecule is C[C@H](NCc1ccc2ccccc2c1)c1ccc(Br)cc1. The van der Waals surface area contributed by atoms with Gasteiger partial charge in [-0.15, -0.1) is 0 Å². The third-order valence-electron chi connectivity index (χ3n) is 3.80. The lowest BCUT2D eigenvalue weighted by atomic mass is 10.1. The first kappa shape index (κ1) is 14.3. The fraction of sp³-hybridized carbons (Fsp3) is 0.158. The van der Waals surface area contributed by atoms with Crippen LogP contribution in [0.2, 0.25) is 0 Å². The molecule has 2 heteroatoms. The van der Waals surface area contributed by atoms with Gasteiger partial charge in [0, 0.05) is 17.1 Å². The van der Waals surface area contributed by atoms with Gasteiger partial charge in [-0.1, -0.05) is 64.5 Å². The van der Waals surface area contributed by atoms with Crippen molar-refractivity contribution in [3.63, 3.8) is 0 Å². The van der Waals surface area contributed by atoms with E-state index in [1.807, 2.05) is 0 Å². The Kier molecular flexibility index (Phi) is 4.37. The van der Waals surface area contributed by atoms with Crippen LogP contribution in [0.3, 0.4) is 0 Å². The first-order valence-corrected chi connectivity index (χ1v) is 7.98. The molecule has 0 bridgehead atoms. The third-order valence-corrected chi connectivity index (χ3v) is 4.32. The second-order valence-electron chi connectivity index (χ2n) is 5.34. The molecule has 3 aromatic carbocycles. The Hall–Kier alpha value is -1.64. The molecule has 0 aromatic heterocycles. The first-order chi connectivity index (χ1) is 10.2. The van der Waals surface area contributed by atoms with E-state index in [9.17, 15) is 0 Å². The van der Waals surface area contributed by atoms with Crippen molar-refractivity contribution < 1.29 is 0 Å². The average Bonchev–Trinajstić information content (AvgIpc) is 2.53. The third kappa shape index (κ3) is 3.52. The standard InChI is InChI=1S/C19H18BrN/c1-14(16-8-10-19(20)11-9-16)21-13-15-6-7-17-4-2-3-5-18(17)12-15/h2-12,14,21H,13H2,1H3/t14-/m0/s1. The van der Waals surface area contributed by atoms with Gasteiger partial charge in [0.05, 0.1) is 0 Å². The molecule has 0 radical (unpaired) electrons. The lowest BCUT2D eigenvalue weighted by Crippen LogP contribution is -2.17. The minimum Gasteiger partial charge on any atom is -0.306 e. The van der Waals surface area contributed by atoms with Crippen LogP contribution in [-0.2, 0) is 6.54 Å². The van der Waals surface area contributed by atoms with Crippen molar-refractivity contribution in [2.45, 2.75) is 19.5 Å².